The van der Waals surface area contributed by atoms with E-state index in [1.807, 2.05) is 31.2 Å². The number of benzene rings is 1. The molecule has 2 saturated heterocycles. The maximum atomic E-state index is 12.5. The van der Waals surface area contributed by atoms with Crippen LogP contribution in [-0.4, -0.2) is 44.1 Å². The second-order valence-electron chi connectivity index (χ2n) is 6.07. The van der Waals surface area contributed by atoms with E-state index in [1.165, 1.54) is 4.31 Å². The largest absolute Gasteiger partial charge is 0.441 e. The maximum absolute atomic E-state index is 12.5. The molecule has 0 aliphatic carbocycles. The van der Waals surface area contributed by atoms with Crippen molar-refractivity contribution in [1.29, 1.82) is 0 Å². The summed E-state index contributed by atoms with van der Waals surface area (Å²) in [5.41, 5.74) is 1.38. The average molecular weight is 324 g/mol. The van der Waals surface area contributed by atoms with Gasteiger partial charge in [-0.05, 0) is 12.5 Å². The Hall–Kier alpha value is -1.60. The number of hydrogen-bond donors (Lipinski definition) is 1. The minimum absolute atomic E-state index is 0.0122. The van der Waals surface area contributed by atoms with Crippen molar-refractivity contribution >= 4 is 16.1 Å². The number of carbonyl (C=O) groups excluding carboxylic acids is 1. The first kappa shape index (κ1) is 15.3. The Morgan fingerprint density at radius 2 is 1.86 bits per heavy atom. The van der Waals surface area contributed by atoms with Crippen LogP contribution in [0.3, 0.4) is 0 Å². The van der Waals surface area contributed by atoms with E-state index in [0.29, 0.717) is 32.5 Å². The Morgan fingerprint density at radius 3 is 2.41 bits per heavy atom. The summed E-state index contributed by atoms with van der Waals surface area (Å²) in [6.45, 7) is 3.23. The molecule has 2 heterocycles. The van der Waals surface area contributed by atoms with E-state index >= 15 is 0 Å². The fourth-order valence-corrected chi connectivity index (χ4v) is 4.47. The molecule has 2 aliphatic rings. The number of aryl methyl sites for hydroxylation is 1. The average Bonchev–Trinajstić information content (AvgIpc) is 2.82. The highest BCUT2D eigenvalue weighted by molar-refractivity contribution is 7.88. The smallest absolute Gasteiger partial charge is 0.407 e. The molecule has 1 N–H and O–H groups in total. The van der Waals surface area contributed by atoms with Gasteiger partial charge in [0.1, 0.15) is 5.60 Å². The van der Waals surface area contributed by atoms with Crippen molar-refractivity contribution in [3.63, 3.8) is 0 Å². The molecule has 0 atom stereocenters. The number of piperidine rings is 1. The normalized spacial score (nSPS) is 21.6. The lowest BCUT2D eigenvalue weighted by Crippen LogP contribution is -2.48. The molecule has 0 unspecified atom stereocenters. The maximum Gasteiger partial charge on any atom is 0.407 e. The van der Waals surface area contributed by atoms with Crippen molar-refractivity contribution in [1.82, 2.24) is 9.62 Å². The first-order valence-electron chi connectivity index (χ1n) is 7.39. The van der Waals surface area contributed by atoms with E-state index in [-0.39, 0.29) is 5.75 Å². The van der Waals surface area contributed by atoms with Crippen molar-refractivity contribution in [3.8, 4) is 0 Å². The number of hydrogen-bond acceptors (Lipinski definition) is 4. The van der Waals surface area contributed by atoms with Gasteiger partial charge in [0.15, 0.2) is 0 Å². The van der Waals surface area contributed by atoms with Crippen molar-refractivity contribution in [2.45, 2.75) is 31.1 Å². The van der Waals surface area contributed by atoms with Crippen LogP contribution in [0, 0.1) is 6.92 Å². The zero-order valence-corrected chi connectivity index (χ0v) is 13.4. The zero-order chi connectivity index (χ0) is 15.8. The predicted molar refractivity (Wildman–Crippen MR) is 81.8 cm³/mol. The predicted octanol–water partition coefficient (Wildman–Crippen LogP) is 1.40. The number of amides is 1. The van der Waals surface area contributed by atoms with Gasteiger partial charge in [0.2, 0.25) is 10.0 Å². The molecule has 1 amide bonds. The van der Waals surface area contributed by atoms with E-state index in [1.54, 1.807) is 0 Å². The summed E-state index contributed by atoms with van der Waals surface area (Å²) in [5.74, 6) is 0.0122. The Labute approximate surface area is 130 Å². The first-order valence-corrected chi connectivity index (χ1v) is 9.00. The molecular formula is C15H20N2O4S. The third kappa shape index (κ3) is 3.10. The van der Waals surface area contributed by atoms with Gasteiger partial charge in [0, 0.05) is 25.9 Å². The van der Waals surface area contributed by atoms with Gasteiger partial charge in [-0.15, -0.1) is 0 Å². The molecule has 2 aliphatic heterocycles. The van der Waals surface area contributed by atoms with E-state index in [2.05, 4.69) is 5.32 Å². The molecular weight excluding hydrogens is 304 g/mol. The molecule has 1 aromatic carbocycles. The summed E-state index contributed by atoms with van der Waals surface area (Å²) in [6, 6.07) is 7.53. The number of alkyl carbamates (subject to hydrolysis) is 1. The summed E-state index contributed by atoms with van der Waals surface area (Å²) >= 11 is 0. The van der Waals surface area contributed by atoms with Crippen LogP contribution in [0.4, 0.5) is 4.79 Å². The Kier molecular flexibility index (Phi) is 3.86. The minimum atomic E-state index is -3.34. The highest BCUT2D eigenvalue weighted by atomic mass is 32.2. The molecule has 0 aromatic heterocycles. The molecule has 0 saturated carbocycles. The summed E-state index contributed by atoms with van der Waals surface area (Å²) in [7, 11) is -3.34. The summed E-state index contributed by atoms with van der Waals surface area (Å²) in [5, 5.41) is 2.65. The SMILES string of the molecule is Cc1ccc(CS(=O)(=O)N2CCC3(CC2)CNC(=O)O3)cc1. The summed E-state index contributed by atoms with van der Waals surface area (Å²) in [6.07, 6.45) is 0.675. The van der Waals surface area contributed by atoms with Gasteiger partial charge in [-0.25, -0.2) is 17.5 Å². The molecule has 0 radical (unpaired) electrons. The number of ether oxygens (including phenoxy) is 1. The van der Waals surface area contributed by atoms with E-state index in [0.717, 1.165) is 11.1 Å². The standard InChI is InChI=1S/C15H20N2O4S/c1-12-2-4-13(5-3-12)10-22(19,20)17-8-6-15(7-9-17)11-16-14(18)21-15/h2-5H,6-11H2,1H3,(H,16,18). The van der Waals surface area contributed by atoms with Gasteiger partial charge in [-0.2, -0.15) is 0 Å². The third-order valence-corrected chi connectivity index (χ3v) is 6.21. The number of sulfonamides is 1. The number of carbonyl (C=O) groups is 1. The van der Waals surface area contributed by atoms with Crippen molar-refractivity contribution in [3.05, 3.63) is 35.4 Å². The quantitative estimate of drug-likeness (QED) is 0.912. The Balaban J connectivity index is 1.64. The second-order valence-corrected chi connectivity index (χ2v) is 8.04. The van der Waals surface area contributed by atoms with E-state index in [9.17, 15) is 13.2 Å². The number of nitrogens with one attached hydrogen (secondary N) is 1. The van der Waals surface area contributed by atoms with Crippen LogP contribution in [0.15, 0.2) is 24.3 Å². The van der Waals surface area contributed by atoms with Crippen LogP contribution < -0.4 is 5.32 Å². The highest BCUT2D eigenvalue weighted by Crippen LogP contribution is 2.30. The lowest BCUT2D eigenvalue weighted by Gasteiger charge is -2.36. The molecule has 120 valence electrons. The second kappa shape index (κ2) is 5.55. The molecule has 1 aromatic rings. The third-order valence-electron chi connectivity index (χ3n) is 4.36. The molecule has 3 rings (SSSR count). The number of rotatable bonds is 3. The van der Waals surface area contributed by atoms with Gasteiger partial charge in [-0.3, -0.25) is 0 Å². The summed E-state index contributed by atoms with van der Waals surface area (Å²) in [4.78, 5) is 11.2. The fourth-order valence-electron chi connectivity index (χ4n) is 2.94. The van der Waals surface area contributed by atoms with Gasteiger partial charge >= 0.3 is 6.09 Å². The van der Waals surface area contributed by atoms with Gasteiger partial charge in [-0.1, -0.05) is 29.8 Å². The van der Waals surface area contributed by atoms with E-state index in [4.69, 9.17) is 4.74 Å². The molecule has 2 fully saturated rings. The van der Waals surface area contributed by atoms with Crippen LogP contribution in [-0.2, 0) is 20.5 Å². The van der Waals surface area contributed by atoms with Crippen molar-refractivity contribution in [2.75, 3.05) is 19.6 Å². The first-order chi connectivity index (χ1) is 10.4. The molecule has 22 heavy (non-hydrogen) atoms. The van der Waals surface area contributed by atoms with Gasteiger partial charge in [0.25, 0.3) is 0 Å². The Bertz CT molecular complexity index is 661. The van der Waals surface area contributed by atoms with E-state index < -0.39 is 21.7 Å². The fraction of sp³-hybridized carbons (Fsp3) is 0.533. The molecule has 0 bridgehead atoms. The van der Waals surface area contributed by atoms with Gasteiger partial charge in [0.05, 0.1) is 12.3 Å². The lowest BCUT2D eigenvalue weighted by atomic mass is 9.93. The lowest BCUT2D eigenvalue weighted by molar-refractivity contribution is 0.0173. The summed E-state index contributed by atoms with van der Waals surface area (Å²) < 4.78 is 31.8. The molecule has 6 nitrogen and oxygen atoms in total. The van der Waals surface area contributed by atoms with Crippen molar-refractivity contribution < 1.29 is 17.9 Å². The topological polar surface area (TPSA) is 75.7 Å². The molecule has 1 spiro atoms. The zero-order valence-electron chi connectivity index (χ0n) is 12.5. The van der Waals surface area contributed by atoms with Crippen LogP contribution >= 0.6 is 0 Å². The van der Waals surface area contributed by atoms with Gasteiger partial charge < -0.3 is 10.1 Å². The number of nitrogens with zero attached hydrogens (tertiary/aromatic N) is 1. The molecule has 7 heteroatoms. The van der Waals surface area contributed by atoms with Crippen LogP contribution in [0.5, 0.6) is 0 Å². The highest BCUT2D eigenvalue weighted by Gasteiger charge is 2.44. The van der Waals surface area contributed by atoms with Crippen molar-refractivity contribution in [2.24, 2.45) is 0 Å². The minimum Gasteiger partial charge on any atom is -0.441 e. The van der Waals surface area contributed by atoms with Crippen LogP contribution in [0.2, 0.25) is 0 Å². The van der Waals surface area contributed by atoms with Crippen LogP contribution in [0.25, 0.3) is 0 Å². The monoisotopic (exact) mass is 324 g/mol. The van der Waals surface area contributed by atoms with Crippen LogP contribution in [0.1, 0.15) is 24.0 Å². The Morgan fingerprint density at radius 1 is 1.23 bits per heavy atom.